The Bertz CT molecular complexity index is 960. The van der Waals surface area contributed by atoms with Gasteiger partial charge in [0.15, 0.2) is 0 Å². The molecule has 2 aromatic rings. The molecular formula is C22H23N3O3. The van der Waals surface area contributed by atoms with Gasteiger partial charge in [-0.3, -0.25) is 4.79 Å². The van der Waals surface area contributed by atoms with E-state index in [-0.39, 0.29) is 11.5 Å². The second-order valence-corrected chi connectivity index (χ2v) is 6.10. The van der Waals surface area contributed by atoms with Crippen LogP contribution in [0.4, 0.5) is 0 Å². The van der Waals surface area contributed by atoms with Gasteiger partial charge in [0, 0.05) is 23.6 Å². The minimum atomic E-state index is -0.439. The molecule has 0 aliphatic carbocycles. The lowest BCUT2D eigenvalue weighted by molar-refractivity contribution is -0.116. The van der Waals surface area contributed by atoms with Gasteiger partial charge >= 0.3 is 5.97 Å². The zero-order chi connectivity index (χ0) is 20.7. The zero-order valence-electron chi connectivity index (χ0n) is 16.3. The Labute approximate surface area is 164 Å². The SMILES string of the molecule is C=CCNC(=O)/C(C#N)=C/c1cc(C)n(-c2ccc(C(=O)OCC)cc2)c1C. The lowest BCUT2D eigenvalue weighted by atomic mass is 10.1. The Kier molecular flexibility index (Phi) is 6.94. The highest BCUT2D eigenvalue weighted by molar-refractivity contribution is 6.01. The van der Waals surface area contributed by atoms with Crippen LogP contribution in [-0.4, -0.2) is 29.6 Å². The van der Waals surface area contributed by atoms with Gasteiger partial charge in [-0.15, -0.1) is 6.58 Å². The van der Waals surface area contributed by atoms with Crippen LogP contribution in [0.15, 0.2) is 48.6 Å². The van der Waals surface area contributed by atoms with Crippen molar-refractivity contribution in [2.75, 3.05) is 13.2 Å². The van der Waals surface area contributed by atoms with Crippen molar-refractivity contribution in [3.8, 4) is 11.8 Å². The van der Waals surface area contributed by atoms with Crippen molar-refractivity contribution in [1.82, 2.24) is 9.88 Å². The summed E-state index contributed by atoms with van der Waals surface area (Å²) in [4.78, 5) is 23.9. The third-order valence-electron chi connectivity index (χ3n) is 4.18. The Balaban J connectivity index is 2.37. The van der Waals surface area contributed by atoms with Gasteiger partial charge < -0.3 is 14.6 Å². The zero-order valence-corrected chi connectivity index (χ0v) is 16.3. The van der Waals surface area contributed by atoms with Crippen LogP contribution in [0.2, 0.25) is 0 Å². The first-order valence-electron chi connectivity index (χ1n) is 8.90. The summed E-state index contributed by atoms with van der Waals surface area (Å²) >= 11 is 0. The average molecular weight is 377 g/mol. The highest BCUT2D eigenvalue weighted by atomic mass is 16.5. The number of esters is 1. The van der Waals surface area contributed by atoms with Gasteiger partial charge in [0.25, 0.3) is 5.91 Å². The first-order chi connectivity index (χ1) is 13.4. The van der Waals surface area contributed by atoms with Gasteiger partial charge in [-0.25, -0.2) is 4.79 Å². The van der Waals surface area contributed by atoms with E-state index in [0.717, 1.165) is 22.6 Å². The first kappa shape index (κ1) is 20.7. The summed E-state index contributed by atoms with van der Waals surface area (Å²) < 4.78 is 7.00. The van der Waals surface area contributed by atoms with E-state index in [2.05, 4.69) is 11.9 Å². The maximum absolute atomic E-state index is 12.1. The fraction of sp³-hybridized carbons (Fsp3) is 0.227. The molecule has 1 heterocycles. The number of hydrogen-bond acceptors (Lipinski definition) is 4. The van der Waals surface area contributed by atoms with Crippen molar-refractivity contribution in [3.05, 3.63) is 71.1 Å². The molecule has 144 valence electrons. The standard InChI is InChI=1S/C22H23N3O3/c1-5-11-24-21(26)19(14-23)13-18-12-15(3)25(16(18)4)20-9-7-17(8-10-20)22(27)28-6-2/h5,7-10,12-13H,1,6,11H2,2-4H3,(H,24,26)/b19-13+. The average Bonchev–Trinajstić information content (AvgIpc) is 2.97. The summed E-state index contributed by atoms with van der Waals surface area (Å²) in [6, 6.07) is 10.9. The molecule has 0 atom stereocenters. The van der Waals surface area contributed by atoms with E-state index in [0.29, 0.717) is 18.7 Å². The minimum absolute atomic E-state index is 0.0276. The van der Waals surface area contributed by atoms with Crippen molar-refractivity contribution in [3.63, 3.8) is 0 Å². The van der Waals surface area contributed by atoms with Crippen molar-refractivity contribution < 1.29 is 14.3 Å². The second kappa shape index (κ2) is 9.38. The molecule has 0 saturated heterocycles. The summed E-state index contributed by atoms with van der Waals surface area (Å²) in [6.07, 6.45) is 3.13. The van der Waals surface area contributed by atoms with E-state index in [4.69, 9.17) is 4.74 Å². The summed E-state index contributed by atoms with van der Waals surface area (Å²) in [7, 11) is 0. The summed E-state index contributed by atoms with van der Waals surface area (Å²) in [5, 5.41) is 11.9. The Hall–Kier alpha value is -3.59. The fourth-order valence-corrected chi connectivity index (χ4v) is 2.86. The third-order valence-corrected chi connectivity index (χ3v) is 4.18. The molecule has 2 rings (SSSR count). The molecular weight excluding hydrogens is 354 g/mol. The van der Waals surface area contributed by atoms with Gasteiger partial charge in [0.1, 0.15) is 11.6 Å². The topological polar surface area (TPSA) is 84.1 Å². The lowest BCUT2D eigenvalue weighted by Gasteiger charge is -2.10. The molecule has 0 bridgehead atoms. The van der Waals surface area contributed by atoms with E-state index in [9.17, 15) is 14.9 Å². The smallest absolute Gasteiger partial charge is 0.338 e. The van der Waals surface area contributed by atoms with Crippen LogP contribution in [0, 0.1) is 25.2 Å². The lowest BCUT2D eigenvalue weighted by Crippen LogP contribution is -2.24. The summed E-state index contributed by atoms with van der Waals surface area (Å²) in [5.41, 5.74) is 3.98. The number of hydrogen-bond donors (Lipinski definition) is 1. The number of nitriles is 1. The highest BCUT2D eigenvalue weighted by Gasteiger charge is 2.14. The molecule has 1 aromatic carbocycles. The number of carbonyl (C=O) groups excluding carboxylic acids is 2. The molecule has 0 spiro atoms. The second-order valence-electron chi connectivity index (χ2n) is 6.10. The maximum atomic E-state index is 12.1. The van der Waals surface area contributed by atoms with Gasteiger partial charge in [-0.1, -0.05) is 6.08 Å². The van der Waals surface area contributed by atoms with Gasteiger partial charge in [-0.05, 0) is 62.7 Å². The molecule has 0 fully saturated rings. The van der Waals surface area contributed by atoms with Crippen molar-refractivity contribution >= 4 is 18.0 Å². The monoisotopic (exact) mass is 377 g/mol. The molecule has 0 radical (unpaired) electrons. The number of rotatable bonds is 7. The molecule has 28 heavy (non-hydrogen) atoms. The molecule has 1 amide bonds. The van der Waals surface area contributed by atoms with Crippen LogP contribution >= 0.6 is 0 Å². The number of nitrogens with one attached hydrogen (secondary N) is 1. The fourth-order valence-electron chi connectivity index (χ4n) is 2.86. The number of amides is 1. The Morgan fingerprint density at radius 3 is 2.54 bits per heavy atom. The van der Waals surface area contributed by atoms with Crippen LogP contribution in [0.5, 0.6) is 0 Å². The van der Waals surface area contributed by atoms with E-state index < -0.39 is 5.91 Å². The van der Waals surface area contributed by atoms with Crippen molar-refractivity contribution in [2.45, 2.75) is 20.8 Å². The van der Waals surface area contributed by atoms with Crippen LogP contribution < -0.4 is 5.32 Å². The van der Waals surface area contributed by atoms with E-state index in [1.807, 2.05) is 42.7 Å². The van der Waals surface area contributed by atoms with Crippen LogP contribution in [0.25, 0.3) is 11.8 Å². The largest absolute Gasteiger partial charge is 0.462 e. The molecule has 0 unspecified atom stereocenters. The van der Waals surface area contributed by atoms with E-state index in [1.54, 1.807) is 31.2 Å². The van der Waals surface area contributed by atoms with E-state index >= 15 is 0 Å². The number of benzene rings is 1. The van der Waals surface area contributed by atoms with Gasteiger partial charge in [0.2, 0.25) is 0 Å². The van der Waals surface area contributed by atoms with Crippen molar-refractivity contribution in [1.29, 1.82) is 5.26 Å². The van der Waals surface area contributed by atoms with Crippen LogP contribution in [-0.2, 0) is 9.53 Å². The predicted octanol–water partition coefficient (Wildman–Crippen LogP) is 3.48. The molecule has 1 aromatic heterocycles. The predicted molar refractivity (Wildman–Crippen MR) is 108 cm³/mol. The quantitative estimate of drug-likeness (QED) is 0.346. The minimum Gasteiger partial charge on any atom is -0.462 e. The number of aryl methyl sites for hydroxylation is 1. The molecule has 6 nitrogen and oxygen atoms in total. The Morgan fingerprint density at radius 2 is 1.96 bits per heavy atom. The van der Waals surface area contributed by atoms with E-state index in [1.165, 1.54) is 0 Å². The van der Waals surface area contributed by atoms with Gasteiger partial charge in [0.05, 0.1) is 12.2 Å². The molecule has 0 aliphatic heterocycles. The molecule has 0 saturated carbocycles. The summed E-state index contributed by atoms with van der Waals surface area (Å²) in [5.74, 6) is -0.797. The number of carbonyl (C=O) groups is 2. The Morgan fingerprint density at radius 1 is 1.29 bits per heavy atom. The normalized spacial score (nSPS) is 10.9. The number of aromatic nitrogens is 1. The van der Waals surface area contributed by atoms with Crippen LogP contribution in [0.1, 0.15) is 34.2 Å². The van der Waals surface area contributed by atoms with Crippen molar-refractivity contribution in [2.24, 2.45) is 0 Å². The van der Waals surface area contributed by atoms with Crippen LogP contribution in [0.3, 0.4) is 0 Å². The summed E-state index contributed by atoms with van der Waals surface area (Å²) in [6.45, 7) is 9.78. The first-order valence-corrected chi connectivity index (χ1v) is 8.90. The molecule has 0 aliphatic rings. The molecule has 1 N–H and O–H groups in total. The molecule has 6 heteroatoms. The number of ether oxygens (including phenoxy) is 1. The third kappa shape index (κ3) is 4.57. The van der Waals surface area contributed by atoms with Gasteiger partial charge in [-0.2, -0.15) is 5.26 Å². The number of nitrogens with zero attached hydrogens (tertiary/aromatic N) is 2. The maximum Gasteiger partial charge on any atom is 0.338 e. The highest BCUT2D eigenvalue weighted by Crippen LogP contribution is 2.23.